The van der Waals surface area contributed by atoms with Crippen molar-refractivity contribution < 1.29 is 102 Å². The summed E-state index contributed by atoms with van der Waals surface area (Å²) in [7, 11) is 0. The van der Waals surface area contributed by atoms with E-state index in [0.717, 1.165) is 6.92 Å². The summed E-state index contributed by atoms with van der Waals surface area (Å²) in [5, 5.41) is 82.5. The summed E-state index contributed by atoms with van der Waals surface area (Å²) in [6.07, 6.45) is -14.5. The number of hydrogen-bond acceptors (Lipinski definition) is 21. The largest absolute Gasteiger partial charge is 0.455 e. The van der Waals surface area contributed by atoms with Gasteiger partial charge in [0, 0.05) is 57.3 Å². The van der Waals surface area contributed by atoms with Crippen LogP contribution >= 0.6 is 0 Å². The number of benzene rings is 2. The first-order chi connectivity index (χ1) is 37.6. The van der Waals surface area contributed by atoms with Gasteiger partial charge in [-0.15, -0.1) is 0 Å². The monoisotopic (exact) mass is 1150 g/mol. The number of hydrogen-bond donors (Lipinski definition) is 7. The lowest BCUT2D eigenvalue weighted by atomic mass is 9.44. The van der Waals surface area contributed by atoms with Crippen LogP contribution in [0.25, 0.3) is 0 Å². The molecule has 2 aromatic rings. The Bertz CT molecular complexity index is 2990. The average Bonchev–Trinajstić information content (AvgIpc) is 0.743. The van der Waals surface area contributed by atoms with E-state index in [1.807, 2.05) is 0 Å². The molecule has 0 aromatic heterocycles. The fourth-order valence-corrected chi connectivity index (χ4v) is 15.6. The number of ether oxygens (including phenoxy) is 7. The van der Waals surface area contributed by atoms with Crippen molar-refractivity contribution in [2.45, 2.75) is 193 Å². The van der Waals surface area contributed by atoms with Crippen molar-refractivity contribution in [1.82, 2.24) is 0 Å². The van der Waals surface area contributed by atoms with E-state index in [2.05, 4.69) is 0 Å². The van der Waals surface area contributed by atoms with Gasteiger partial charge in [0.2, 0.25) is 0 Å². The van der Waals surface area contributed by atoms with Crippen molar-refractivity contribution in [3.05, 3.63) is 94.1 Å². The molecule has 2 aliphatic heterocycles. The minimum Gasteiger partial charge on any atom is -0.455 e. The highest BCUT2D eigenvalue weighted by Gasteiger charge is 2.80. The quantitative estimate of drug-likeness (QED) is 0.119. The highest BCUT2D eigenvalue weighted by atomic mass is 16.6. The van der Waals surface area contributed by atoms with Gasteiger partial charge in [-0.1, -0.05) is 71.5 Å². The van der Waals surface area contributed by atoms with E-state index in [9.17, 15) is 69.3 Å². The number of carbonyl (C=O) groups excluding carboxylic acids is 7. The Morgan fingerprint density at radius 2 is 0.902 bits per heavy atom. The molecule has 7 N–H and O–H groups in total. The van der Waals surface area contributed by atoms with Crippen LogP contribution in [0.3, 0.4) is 0 Å². The van der Waals surface area contributed by atoms with Crippen molar-refractivity contribution >= 4 is 41.4 Å². The smallest absolute Gasteiger partial charge is 0.338 e. The standard InChI is InChI=1S/C31H38O11.C29H36O10.CH4/c1-15-19(34)13-31(38)26(41-27(37)18-10-8-7-9-11-18)24-29(6,20(35)12-21-30(24,14-39-21)42-17(3)33)25(36)23(40-16(2)32)22(15)28(31,4)5;1-14-17(31)12-29(36)24(38-25(35)16-9-7-6-8-10-16)22-27(5,23(34)21(33)20(14)26(29,3)4)18(32)11-19-28(22,13-37-19)39-15(2)30;/h7-11,19-21,23-24,26,34-35,38H,12-14H2,1-6H3;6-10,17-19,21-22,24,31-33,36H,11-13H2,1-5H3;1H4/t19-,20-,21+,23+,24-,26-,29+,30-,31+;17-,18-,19+,21+,22-,24-,27+,28-,29+;/m00./s1. The van der Waals surface area contributed by atoms with Gasteiger partial charge in [0.1, 0.15) is 41.7 Å². The van der Waals surface area contributed by atoms with Crippen molar-refractivity contribution in [3.63, 3.8) is 0 Å². The molecule has 448 valence electrons. The molecule has 2 saturated heterocycles. The molecule has 0 amide bonds. The lowest BCUT2D eigenvalue weighted by Crippen LogP contribution is -2.81. The van der Waals surface area contributed by atoms with Crippen LogP contribution in [0.5, 0.6) is 0 Å². The molecule has 10 rings (SSSR count). The molecule has 21 nitrogen and oxygen atoms in total. The topological polar surface area (TPSA) is 326 Å². The Morgan fingerprint density at radius 1 is 0.537 bits per heavy atom. The van der Waals surface area contributed by atoms with Crippen LogP contribution in [0.15, 0.2) is 83.0 Å². The lowest BCUT2D eigenvalue weighted by molar-refractivity contribution is -0.345. The van der Waals surface area contributed by atoms with Crippen molar-refractivity contribution in [2.75, 3.05) is 13.2 Å². The molecule has 4 bridgehead atoms. The van der Waals surface area contributed by atoms with E-state index in [4.69, 9.17) is 33.2 Å². The van der Waals surface area contributed by atoms with Crippen molar-refractivity contribution in [3.8, 4) is 0 Å². The zero-order valence-corrected chi connectivity index (χ0v) is 47.3. The van der Waals surface area contributed by atoms with E-state index in [1.165, 1.54) is 52.0 Å². The molecule has 2 aromatic carbocycles. The SMILES string of the molecule is C.CC(=O)O[C@@]12CO[C@@H]1C[C@H](O)[C@@]1(C)C(=O)[C@H](O)C3=C(C)[C@@H](O)C[C@@](O)([C@@H](OC(=O)c4ccccc4)[C@H]21)C3(C)C.CC(=O)O[C@H]1C(=O)[C@@]2(C)[C@H]([C@H](OC(=O)c3ccccc3)[C@]3(O)C[C@H](O)C(C)=C1C3(C)C)[C@]1(OC(C)=O)CO[C@@H]1C[C@@H]2O. The van der Waals surface area contributed by atoms with Crippen LogP contribution in [0.4, 0.5) is 0 Å². The first-order valence-electron chi connectivity index (χ1n) is 27.3. The number of carbonyl (C=O) groups is 7. The zero-order valence-electron chi connectivity index (χ0n) is 47.3. The first kappa shape index (κ1) is 62.3. The van der Waals surface area contributed by atoms with Crippen LogP contribution in [0, 0.1) is 33.5 Å². The Kier molecular flexibility index (Phi) is 16.0. The van der Waals surface area contributed by atoms with Gasteiger partial charge in [0.25, 0.3) is 0 Å². The number of rotatable bonds is 7. The third kappa shape index (κ3) is 8.84. The number of Topliss-reactive ketones (excluding diaryl/α,β-unsaturated/α-hetero) is 2. The number of fused-ring (bicyclic) bond motifs is 10. The maximum atomic E-state index is 14.8. The second kappa shape index (κ2) is 21.1. The molecule has 6 aliphatic carbocycles. The predicted molar refractivity (Wildman–Crippen MR) is 287 cm³/mol. The fourth-order valence-electron chi connectivity index (χ4n) is 15.6. The van der Waals surface area contributed by atoms with Crippen LogP contribution in [-0.4, -0.2) is 174 Å². The Morgan fingerprint density at radius 3 is 1.26 bits per heavy atom. The summed E-state index contributed by atoms with van der Waals surface area (Å²) in [6, 6.07) is 16.1. The normalized spacial score (nSPS) is 41.0. The first-order valence-corrected chi connectivity index (χ1v) is 27.3. The molecule has 4 saturated carbocycles. The predicted octanol–water partition coefficient (Wildman–Crippen LogP) is 3.37. The maximum Gasteiger partial charge on any atom is 0.338 e. The summed E-state index contributed by atoms with van der Waals surface area (Å²) < 4.78 is 41.2. The molecule has 82 heavy (non-hydrogen) atoms. The highest BCUT2D eigenvalue weighted by molar-refractivity contribution is 5.96. The van der Waals surface area contributed by atoms with Crippen LogP contribution in [0.2, 0.25) is 0 Å². The second-order valence-corrected chi connectivity index (χ2v) is 25.0. The van der Waals surface area contributed by atoms with Gasteiger partial charge in [0.15, 0.2) is 28.9 Å². The van der Waals surface area contributed by atoms with Gasteiger partial charge in [-0.3, -0.25) is 24.0 Å². The maximum absolute atomic E-state index is 14.8. The lowest BCUT2D eigenvalue weighted by Gasteiger charge is -2.67. The van der Waals surface area contributed by atoms with Crippen molar-refractivity contribution in [1.29, 1.82) is 0 Å². The Balaban J connectivity index is 0.000000213. The average molecular weight is 1150 g/mol. The highest BCUT2D eigenvalue weighted by Crippen LogP contribution is 2.66. The molecule has 0 radical (unpaired) electrons. The molecule has 0 spiro atoms. The van der Waals surface area contributed by atoms with Gasteiger partial charge >= 0.3 is 29.8 Å². The fraction of sp³-hybridized carbons (Fsp3) is 0.623. The number of aliphatic hydroxyl groups excluding tert-OH is 5. The number of aliphatic hydroxyl groups is 7. The van der Waals surface area contributed by atoms with E-state index in [1.54, 1.807) is 77.9 Å². The molecule has 8 aliphatic rings. The zero-order chi connectivity index (χ0) is 59.7. The van der Waals surface area contributed by atoms with Crippen LogP contribution in [0.1, 0.15) is 130 Å². The van der Waals surface area contributed by atoms with Crippen LogP contribution < -0.4 is 0 Å². The second-order valence-electron chi connectivity index (χ2n) is 25.0. The summed E-state index contributed by atoms with van der Waals surface area (Å²) >= 11 is 0. The summed E-state index contributed by atoms with van der Waals surface area (Å²) in [4.78, 5) is 93.7. The van der Waals surface area contributed by atoms with E-state index >= 15 is 0 Å². The third-order valence-corrected chi connectivity index (χ3v) is 20.2. The van der Waals surface area contributed by atoms with Crippen molar-refractivity contribution in [2.24, 2.45) is 33.5 Å². The van der Waals surface area contributed by atoms with Gasteiger partial charge in [-0.05, 0) is 74.3 Å². The molecule has 21 heteroatoms. The van der Waals surface area contributed by atoms with Crippen LogP contribution in [-0.2, 0) is 57.1 Å². The summed E-state index contributed by atoms with van der Waals surface area (Å²) in [5.41, 5.74) is -12.6. The molecule has 6 fully saturated rings. The van der Waals surface area contributed by atoms with Gasteiger partial charge < -0.3 is 68.9 Å². The number of ketones is 2. The Hall–Kier alpha value is -5.75. The molecular weight excluding hydrogens is 1070 g/mol. The van der Waals surface area contributed by atoms with E-state index in [0.29, 0.717) is 11.1 Å². The third-order valence-electron chi connectivity index (χ3n) is 20.2. The van der Waals surface area contributed by atoms with Gasteiger partial charge in [-0.2, -0.15) is 0 Å². The summed E-state index contributed by atoms with van der Waals surface area (Å²) in [5.74, 6) is -8.02. The molecular formula is C61H78O21. The molecule has 0 unspecified atom stereocenters. The van der Waals surface area contributed by atoms with Gasteiger partial charge in [0.05, 0.1) is 71.4 Å². The minimum absolute atomic E-state index is 0. The number of esters is 5. The minimum atomic E-state index is -2.11. The molecule has 18 atom stereocenters. The molecule has 2 heterocycles. The summed E-state index contributed by atoms with van der Waals surface area (Å²) in [6.45, 7) is 15.7. The van der Waals surface area contributed by atoms with E-state index in [-0.39, 0.29) is 68.6 Å². The van der Waals surface area contributed by atoms with E-state index < -0.39 is 158 Å². The Labute approximate surface area is 475 Å². The van der Waals surface area contributed by atoms with Gasteiger partial charge in [-0.25, -0.2) is 9.59 Å².